The largest absolute Gasteiger partial charge is 0.508 e. The van der Waals surface area contributed by atoms with E-state index in [0.717, 1.165) is 12.1 Å². The molecule has 0 radical (unpaired) electrons. The Kier molecular flexibility index (Phi) is 3.82. The molecule has 1 aromatic rings. The molecule has 0 spiro atoms. The van der Waals surface area contributed by atoms with E-state index in [1.54, 1.807) is 6.92 Å². The first-order valence-corrected chi connectivity index (χ1v) is 4.89. The maximum absolute atomic E-state index is 13.3. The van der Waals surface area contributed by atoms with Crippen LogP contribution in [0.5, 0.6) is 5.75 Å². The third kappa shape index (κ3) is 3.18. The number of phenols is 1. The standard InChI is InChI=1S/C11H14F2N2O/c1-6(2)14-7(3)15-11-9(12)4-8(16)5-10(11)13/h4-6,16H,1-3H3,(H,14,15). The Labute approximate surface area is 92.8 Å². The highest BCUT2D eigenvalue weighted by Crippen LogP contribution is 2.23. The number of anilines is 1. The van der Waals surface area contributed by atoms with Crippen LogP contribution in [0.25, 0.3) is 0 Å². The molecule has 16 heavy (non-hydrogen) atoms. The molecule has 3 nitrogen and oxygen atoms in total. The van der Waals surface area contributed by atoms with Crippen molar-refractivity contribution in [2.75, 3.05) is 5.32 Å². The summed E-state index contributed by atoms with van der Waals surface area (Å²) in [4.78, 5) is 4.09. The van der Waals surface area contributed by atoms with E-state index in [9.17, 15) is 8.78 Å². The van der Waals surface area contributed by atoms with Gasteiger partial charge in [0.05, 0.1) is 5.84 Å². The lowest BCUT2D eigenvalue weighted by Crippen LogP contribution is -2.12. The van der Waals surface area contributed by atoms with Crippen molar-refractivity contribution in [2.24, 2.45) is 4.99 Å². The maximum Gasteiger partial charge on any atom is 0.153 e. The maximum atomic E-state index is 13.3. The van der Waals surface area contributed by atoms with Crippen molar-refractivity contribution in [3.05, 3.63) is 23.8 Å². The van der Waals surface area contributed by atoms with Crippen LogP contribution in [0.3, 0.4) is 0 Å². The Bertz CT molecular complexity index is 393. The second-order valence-corrected chi connectivity index (χ2v) is 3.72. The molecule has 1 aromatic carbocycles. The highest BCUT2D eigenvalue weighted by atomic mass is 19.1. The van der Waals surface area contributed by atoms with E-state index in [-0.39, 0.29) is 11.7 Å². The van der Waals surface area contributed by atoms with E-state index in [1.807, 2.05) is 13.8 Å². The molecule has 2 N–H and O–H groups in total. The van der Waals surface area contributed by atoms with Crippen LogP contribution in [0.2, 0.25) is 0 Å². The van der Waals surface area contributed by atoms with Crippen LogP contribution in [-0.4, -0.2) is 17.0 Å². The SMILES string of the molecule is CC(=NC(C)C)Nc1c(F)cc(O)cc1F. The quantitative estimate of drug-likeness (QED) is 0.464. The van der Waals surface area contributed by atoms with Crippen molar-refractivity contribution in [3.63, 3.8) is 0 Å². The number of aromatic hydroxyl groups is 1. The van der Waals surface area contributed by atoms with Gasteiger partial charge in [-0.1, -0.05) is 0 Å². The van der Waals surface area contributed by atoms with Gasteiger partial charge in [-0.25, -0.2) is 8.78 Å². The second-order valence-electron chi connectivity index (χ2n) is 3.72. The van der Waals surface area contributed by atoms with E-state index >= 15 is 0 Å². The molecule has 0 atom stereocenters. The summed E-state index contributed by atoms with van der Waals surface area (Å²) in [5, 5.41) is 11.5. The van der Waals surface area contributed by atoms with Gasteiger partial charge in [0, 0.05) is 18.2 Å². The summed E-state index contributed by atoms with van der Waals surface area (Å²) < 4.78 is 26.6. The molecule has 0 bridgehead atoms. The molecule has 88 valence electrons. The molecular formula is C11H14F2N2O. The van der Waals surface area contributed by atoms with Crippen molar-refractivity contribution < 1.29 is 13.9 Å². The molecule has 5 heteroatoms. The van der Waals surface area contributed by atoms with E-state index in [1.165, 1.54) is 0 Å². The highest BCUT2D eigenvalue weighted by molar-refractivity contribution is 5.93. The number of halogens is 2. The molecule has 0 aliphatic rings. The van der Waals surface area contributed by atoms with Crippen molar-refractivity contribution in [1.29, 1.82) is 0 Å². The van der Waals surface area contributed by atoms with Crippen LogP contribution < -0.4 is 5.32 Å². The number of hydrogen-bond donors (Lipinski definition) is 2. The minimum Gasteiger partial charge on any atom is -0.508 e. The lowest BCUT2D eigenvalue weighted by atomic mass is 10.2. The first-order chi connectivity index (χ1) is 7.40. The van der Waals surface area contributed by atoms with Crippen LogP contribution in [0, 0.1) is 11.6 Å². The van der Waals surface area contributed by atoms with Crippen LogP contribution in [0.1, 0.15) is 20.8 Å². The van der Waals surface area contributed by atoms with Gasteiger partial charge in [-0.05, 0) is 20.8 Å². The third-order valence-electron chi connectivity index (χ3n) is 1.78. The monoisotopic (exact) mass is 228 g/mol. The second kappa shape index (κ2) is 4.92. The molecule has 0 saturated heterocycles. The molecule has 0 aliphatic heterocycles. The normalized spacial score (nSPS) is 12.0. The summed E-state index contributed by atoms with van der Waals surface area (Å²) in [6.45, 7) is 5.33. The lowest BCUT2D eigenvalue weighted by Gasteiger charge is -2.09. The van der Waals surface area contributed by atoms with E-state index in [2.05, 4.69) is 10.3 Å². The minimum atomic E-state index is -0.851. The summed E-state index contributed by atoms with van der Waals surface area (Å²) in [6, 6.07) is 1.72. The zero-order valence-corrected chi connectivity index (χ0v) is 9.38. The van der Waals surface area contributed by atoms with Gasteiger partial charge in [-0.2, -0.15) is 0 Å². The number of amidine groups is 1. The fourth-order valence-corrected chi connectivity index (χ4v) is 1.28. The number of phenolic OH excluding ortho intramolecular Hbond substituents is 1. The highest BCUT2D eigenvalue weighted by Gasteiger charge is 2.11. The number of benzene rings is 1. The van der Waals surface area contributed by atoms with Crippen molar-refractivity contribution in [2.45, 2.75) is 26.8 Å². The van der Waals surface area contributed by atoms with Gasteiger partial charge in [0.15, 0.2) is 11.6 Å². The first-order valence-electron chi connectivity index (χ1n) is 4.89. The Hall–Kier alpha value is -1.65. The predicted molar refractivity (Wildman–Crippen MR) is 59.9 cm³/mol. The number of aliphatic imine (C=N–C) groups is 1. The van der Waals surface area contributed by atoms with E-state index in [0.29, 0.717) is 5.84 Å². The van der Waals surface area contributed by atoms with Crippen molar-refractivity contribution >= 4 is 11.5 Å². The van der Waals surface area contributed by atoms with Gasteiger partial charge in [0.2, 0.25) is 0 Å². The van der Waals surface area contributed by atoms with Crippen molar-refractivity contribution in [3.8, 4) is 5.75 Å². The molecule has 0 fully saturated rings. The summed E-state index contributed by atoms with van der Waals surface area (Å²) in [6.07, 6.45) is 0. The minimum absolute atomic E-state index is 0.0377. The fraction of sp³-hybridized carbons (Fsp3) is 0.364. The third-order valence-corrected chi connectivity index (χ3v) is 1.78. The molecule has 0 unspecified atom stereocenters. The van der Waals surface area contributed by atoms with Crippen LogP contribution in [-0.2, 0) is 0 Å². The molecular weight excluding hydrogens is 214 g/mol. The van der Waals surface area contributed by atoms with Gasteiger partial charge in [-0.3, -0.25) is 4.99 Å². The number of rotatable bonds is 2. The van der Waals surface area contributed by atoms with Crippen LogP contribution >= 0.6 is 0 Å². The van der Waals surface area contributed by atoms with Crippen molar-refractivity contribution in [1.82, 2.24) is 0 Å². The smallest absolute Gasteiger partial charge is 0.153 e. The molecule has 0 aromatic heterocycles. The summed E-state index contributed by atoms with van der Waals surface area (Å²) >= 11 is 0. The topological polar surface area (TPSA) is 44.6 Å². The summed E-state index contributed by atoms with van der Waals surface area (Å²) in [5.74, 6) is -1.73. The molecule has 0 aliphatic carbocycles. The van der Waals surface area contributed by atoms with E-state index < -0.39 is 17.4 Å². The van der Waals surface area contributed by atoms with Gasteiger partial charge in [0.1, 0.15) is 11.4 Å². The van der Waals surface area contributed by atoms with Gasteiger partial charge < -0.3 is 10.4 Å². The molecule has 0 heterocycles. The Morgan fingerprint density at radius 2 is 1.81 bits per heavy atom. The van der Waals surface area contributed by atoms with Gasteiger partial charge in [0.25, 0.3) is 0 Å². The number of nitrogens with zero attached hydrogens (tertiary/aromatic N) is 1. The Balaban J connectivity index is 2.98. The van der Waals surface area contributed by atoms with Crippen LogP contribution in [0.4, 0.5) is 14.5 Å². The zero-order valence-electron chi connectivity index (χ0n) is 9.38. The zero-order chi connectivity index (χ0) is 12.3. The van der Waals surface area contributed by atoms with Gasteiger partial charge >= 0.3 is 0 Å². The Morgan fingerprint density at radius 3 is 2.25 bits per heavy atom. The average Bonchev–Trinajstić information content (AvgIpc) is 2.09. The molecule has 0 amide bonds. The first kappa shape index (κ1) is 12.4. The lowest BCUT2D eigenvalue weighted by molar-refractivity contribution is 0.461. The number of hydrogen-bond acceptors (Lipinski definition) is 2. The molecule has 1 rings (SSSR count). The van der Waals surface area contributed by atoms with E-state index in [4.69, 9.17) is 5.11 Å². The average molecular weight is 228 g/mol. The molecule has 0 saturated carbocycles. The predicted octanol–water partition coefficient (Wildman–Crippen LogP) is 2.91. The Morgan fingerprint density at radius 1 is 1.31 bits per heavy atom. The summed E-state index contributed by atoms with van der Waals surface area (Å²) in [5.41, 5.74) is -0.306. The fourth-order valence-electron chi connectivity index (χ4n) is 1.28. The number of nitrogens with one attached hydrogen (secondary N) is 1. The van der Waals surface area contributed by atoms with Gasteiger partial charge in [-0.15, -0.1) is 0 Å². The van der Waals surface area contributed by atoms with Crippen LogP contribution in [0.15, 0.2) is 17.1 Å². The summed E-state index contributed by atoms with van der Waals surface area (Å²) in [7, 11) is 0.